The van der Waals surface area contributed by atoms with Gasteiger partial charge in [0.25, 0.3) is 0 Å². The fourth-order valence-corrected chi connectivity index (χ4v) is 6.91. The molecule has 0 atom stereocenters. The summed E-state index contributed by atoms with van der Waals surface area (Å²) < 4.78 is 17.7. The van der Waals surface area contributed by atoms with Crippen molar-refractivity contribution in [2.45, 2.75) is 52.4 Å². The highest BCUT2D eigenvalue weighted by Crippen LogP contribution is 2.41. The average molecular weight is 681 g/mol. The van der Waals surface area contributed by atoms with Gasteiger partial charge in [-0.05, 0) is 70.0 Å². The minimum absolute atomic E-state index is 0.0350. The van der Waals surface area contributed by atoms with E-state index in [2.05, 4.69) is 88.6 Å². The molecule has 0 fully saturated rings. The normalized spacial score (nSPS) is 12.1. The van der Waals surface area contributed by atoms with Crippen LogP contribution in [-0.4, -0.2) is 19.5 Å². The fourth-order valence-electron chi connectivity index (χ4n) is 6.91. The van der Waals surface area contributed by atoms with Gasteiger partial charge in [-0.2, -0.15) is 0 Å². The Bertz CT molecular complexity index is 2460. The SMILES string of the molecule is CC(C)(C)c1ccc2c(c1)c1cc(C(C)(C)C)ccc1n2-c1cc(-c2ccccc2F)ccc1-c1nc(-c2ccccc2)nc(-c2ccccc2)n1. The third kappa shape index (κ3) is 6.06. The number of benzene rings is 6. The molecule has 0 N–H and O–H groups in total. The largest absolute Gasteiger partial charge is 0.308 e. The third-order valence-corrected chi connectivity index (χ3v) is 9.86. The summed E-state index contributed by atoms with van der Waals surface area (Å²) in [6.07, 6.45) is 0. The van der Waals surface area contributed by atoms with Gasteiger partial charge in [-0.1, -0.05) is 139 Å². The molecule has 8 aromatic rings. The Labute approximate surface area is 304 Å². The summed E-state index contributed by atoms with van der Waals surface area (Å²) in [6.45, 7) is 13.5. The molecule has 0 aliphatic heterocycles. The topological polar surface area (TPSA) is 43.6 Å². The van der Waals surface area contributed by atoms with Crippen molar-refractivity contribution in [2.24, 2.45) is 0 Å². The van der Waals surface area contributed by atoms with Crippen molar-refractivity contribution in [3.05, 3.63) is 156 Å². The smallest absolute Gasteiger partial charge is 0.166 e. The third-order valence-electron chi connectivity index (χ3n) is 9.86. The summed E-state index contributed by atoms with van der Waals surface area (Å²) in [7, 11) is 0. The Morgan fingerprint density at radius 2 is 0.923 bits per heavy atom. The predicted octanol–water partition coefficient (Wildman–Crippen LogP) is 12.4. The minimum Gasteiger partial charge on any atom is -0.308 e. The number of halogens is 1. The van der Waals surface area contributed by atoms with E-state index in [0.717, 1.165) is 39.0 Å². The van der Waals surface area contributed by atoms with E-state index in [1.54, 1.807) is 6.07 Å². The highest BCUT2D eigenvalue weighted by Gasteiger charge is 2.24. The van der Waals surface area contributed by atoms with Gasteiger partial charge in [0.1, 0.15) is 5.82 Å². The standard InChI is InChI=1S/C47H41FN4/c1-46(2,3)33-22-25-40-37(28-33)38-29-34(47(4,5)6)23-26-41(38)52(40)42-27-32(35-19-13-14-20-39(35)48)21-24-36(42)45-50-43(30-15-9-7-10-16-30)49-44(51-45)31-17-11-8-12-18-31/h7-29H,1-6H3. The van der Waals surface area contributed by atoms with E-state index in [1.807, 2.05) is 84.9 Å². The molecule has 0 bridgehead atoms. The second-order valence-electron chi connectivity index (χ2n) is 15.5. The van der Waals surface area contributed by atoms with Crippen molar-refractivity contribution in [1.82, 2.24) is 19.5 Å². The molecule has 52 heavy (non-hydrogen) atoms. The quantitative estimate of drug-likeness (QED) is 0.182. The van der Waals surface area contributed by atoms with Gasteiger partial charge >= 0.3 is 0 Å². The molecule has 0 unspecified atom stereocenters. The van der Waals surface area contributed by atoms with Crippen LogP contribution < -0.4 is 0 Å². The number of fused-ring (bicyclic) bond motifs is 3. The van der Waals surface area contributed by atoms with Crippen LogP contribution in [0.25, 0.3) is 72.8 Å². The molecule has 0 radical (unpaired) electrons. The van der Waals surface area contributed by atoms with Gasteiger partial charge in [0.05, 0.1) is 16.7 Å². The highest BCUT2D eigenvalue weighted by molar-refractivity contribution is 6.10. The first-order valence-corrected chi connectivity index (χ1v) is 17.8. The maximum Gasteiger partial charge on any atom is 0.166 e. The molecule has 0 amide bonds. The molecule has 256 valence electrons. The van der Waals surface area contributed by atoms with E-state index in [4.69, 9.17) is 15.0 Å². The van der Waals surface area contributed by atoms with Crippen LogP contribution in [-0.2, 0) is 10.8 Å². The minimum atomic E-state index is -0.272. The van der Waals surface area contributed by atoms with Gasteiger partial charge in [-0.25, -0.2) is 19.3 Å². The number of hydrogen-bond acceptors (Lipinski definition) is 3. The summed E-state index contributed by atoms with van der Waals surface area (Å²) in [6, 6.07) is 46.6. The summed E-state index contributed by atoms with van der Waals surface area (Å²) in [5.74, 6) is 1.43. The number of aromatic nitrogens is 4. The van der Waals surface area contributed by atoms with E-state index in [1.165, 1.54) is 28.0 Å². The molecule has 0 aliphatic carbocycles. The van der Waals surface area contributed by atoms with E-state index >= 15 is 4.39 Å². The van der Waals surface area contributed by atoms with Gasteiger partial charge in [0.15, 0.2) is 17.5 Å². The van der Waals surface area contributed by atoms with E-state index in [0.29, 0.717) is 23.0 Å². The number of nitrogens with zero attached hydrogens (tertiary/aromatic N) is 4. The van der Waals surface area contributed by atoms with Crippen molar-refractivity contribution in [1.29, 1.82) is 0 Å². The van der Waals surface area contributed by atoms with Crippen LogP contribution in [0.1, 0.15) is 52.7 Å². The van der Waals surface area contributed by atoms with E-state index < -0.39 is 0 Å². The molecular formula is C47H41FN4. The molecule has 0 aliphatic rings. The summed E-state index contributed by atoms with van der Waals surface area (Å²) in [5.41, 5.74) is 9.34. The molecule has 2 heterocycles. The van der Waals surface area contributed by atoms with Crippen LogP contribution in [0.5, 0.6) is 0 Å². The van der Waals surface area contributed by atoms with Crippen LogP contribution in [0.4, 0.5) is 4.39 Å². The molecule has 6 aromatic carbocycles. The summed E-state index contributed by atoms with van der Waals surface area (Å²) >= 11 is 0. The molecule has 0 saturated heterocycles. The maximum atomic E-state index is 15.4. The van der Waals surface area contributed by atoms with Crippen LogP contribution in [0.3, 0.4) is 0 Å². The van der Waals surface area contributed by atoms with Crippen LogP contribution in [0.15, 0.2) is 140 Å². The van der Waals surface area contributed by atoms with E-state index in [-0.39, 0.29) is 16.6 Å². The Morgan fingerprint density at radius 3 is 1.42 bits per heavy atom. The molecule has 8 rings (SSSR count). The number of hydrogen-bond donors (Lipinski definition) is 0. The molecule has 4 nitrogen and oxygen atoms in total. The zero-order valence-corrected chi connectivity index (χ0v) is 30.4. The monoisotopic (exact) mass is 680 g/mol. The lowest BCUT2D eigenvalue weighted by atomic mass is 9.85. The summed E-state index contributed by atoms with van der Waals surface area (Å²) in [4.78, 5) is 15.2. The Kier molecular flexibility index (Phi) is 8.10. The van der Waals surface area contributed by atoms with Crippen molar-refractivity contribution in [3.63, 3.8) is 0 Å². The van der Waals surface area contributed by atoms with E-state index in [9.17, 15) is 0 Å². The van der Waals surface area contributed by atoms with Gasteiger partial charge in [-0.3, -0.25) is 0 Å². The van der Waals surface area contributed by atoms with Crippen molar-refractivity contribution in [3.8, 4) is 51.0 Å². The zero-order valence-electron chi connectivity index (χ0n) is 30.4. The molecular weight excluding hydrogens is 640 g/mol. The average Bonchev–Trinajstić information content (AvgIpc) is 3.48. The lowest BCUT2D eigenvalue weighted by Gasteiger charge is -2.19. The molecule has 5 heteroatoms. The van der Waals surface area contributed by atoms with Crippen molar-refractivity contribution < 1.29 is 4.39 Å². The highest BCUT2D eigenvalue weighted by atomic mass is 19.1. The van der Waals surface area contributed by atoms with Crippen LogP contribution in [0.2, 0.25) is 0 Å². The second-order valence-corrected chi connectivity index (χ2v) is 15.5. The summed E-state index contributed by atoms with van der Waals surface area (Å²) in [5, 5.41) is 2.34. The first-order valence-electron chi connectivity index (χ1n) is 17.8. The van der Waals surface area contributed by atoms with Crippen molar-refractivity contribution >= 4 is 21.8 Å². The zero-order chi connectivity index (χ0) is 36.2. The molecule has 0 spiro atoms. The van der Waals surface area contributed by atoms with Crippen molar-refractivity contribution in [2.75, 3.05) is 0 Å². The number of rotatable bonds is 5. The Hall–Kier alpha value is -5.94. The van der Waals surface area contributed by atoms with Gasteiger partial charge in [-0.15, -0.1) is 0 Å². The fraction of sp³-hybridized carbons (Fsp3) is 0.170. The van der Waals surface area contributed by atoms with Gasteiger partial charge < -0.3 is 4.57 Å². The first kappa shape index (κ1) is 33.2. The molecule has 2 aromatic heterocycles. The van der Waals surface area contributed by atoms with Crippen LogP contribution in [0, 0.1) is 5.82 Å². The van der Waals surface area contributed by atoms with Gasteiger partial charge in [0.2, 0.25) is 0 Å². The van der Waals surface area contributed by atoms with Crippen LogP contribution >= 0.6 is 0 Å². The lowest BCUT2D eigenvalue weighted by Crippen LogP contribution is -2.10. The Balaban J connectivity index is 1.48. The Morgan fingerprint density at radius 1 is 0.442 bits per heavy atom. The predicted molar refractivity (Wildman–Crippen MR) is 213 cm³/mol. The van der Waals surface area contributed by atoms with Gasteiger partial charge in [0, 0.05) is 33.0 Å². The lowest BCUT2D eigenvalue weighted by molar-refractivity contribution is 0.590. The maximum absolute atomic E-state index is 15.4. The molecule has 0 saturated carbocycles. The first-order chi connectivity index (χ1) is 25.0. The second kappa shape index (κ2) is 12.7.